The first-order chi connectivity index (χ1) is 18.8. The lowest BCUT2D eigenvalue weighted by Crippen LogP contribution is -2.55. The molecule has 10 radical (unpaired) electrons. The molecule has 0 unspecified atom stereocenters. The Balaban J connectivity index is 1.75. The van der Waals surface area contributed by atoms with E-state index in [0.717, 1.165) is 11.1 Å². The summed E-state index contributed by atoms with van der Waals surface area (Å²) in [5.41, 5.74) is 10.7. The highest BCUT2D eigenvalue weighted by Crippen LogP contribution is 2.57. The van der Waals surface area contributed by atoms with Crippen molar-refractivity contribution in [3.8, 4) is 22.3 Å². The Morgan fingerprint density at radius 3 is 1.49 bits per heavy atom. The first kappa shape index (κ1) is 25.7. The maximum Gasteiger partial charge on any atom is 0.113 e. The van der Waals surface area contributed by atoms with E-state index in [4.69, 9.17) is 39.2 Å². The molecule has 0 atom stereocenters. The normalized spacial score (nSPS) is 13.3. The van der Waals surface area contributed by atoms with Gasteiger partial charge in [0.05, 0.1) is 5.41 Å². The molecule has 0 amide bonds. The van der Waals surface area contributed by atoms with E-state index in [1.807, 2.05) is 6.07 Å². The molecule has 174 valence electrons. The Labute approximate surface area is 238 Å². The molecule has 0 aliphatic heterocycles. The van der Waals surface area contributed by atoms with E-state index >= 15 is 0 Å². The molecule has 0 heterocycles. The molecular formula is C34H23B5. The van der Waals surface area contributed by atoms with E-state index in [9.17, 15) is 0 Å². The molecule has 0 fully saturated rings. The monoisotopic (exact) mass is 486 g/mol. The molecule has 6 rings (SSSR count). The van der Waals surface area contributed by atoms with Crippen molar-refractivity contribution in [1.82, 2.24) is 0 Å². The fourth-order valence-electron chi connectivity index (χ4n) is 6.18. The van der Waals surface area contributed by atoms with Crippen LogP contribution < -0.4 is 27.3 Å². The van der Waals surface area contributed by atoms with Crippen LogP contribution in [-0.4, -0.2) is 39.2 Å². The molecule has 0 saturated heterocycles. The minimum atomic E-state index is -0.553. The molecule has 0 bridgehead atoms. The van der Waals surface area contributed by atoms with Crippen LogP contribution in [0.2, 0.25) is 0 Å². The Bertz CT molecular complexity index is 1650. The van der Waals surface area contributed by atoms with Crippen molar-refractivity contribution in [1.29, 1.82) is 0 Å². The zero-order valence-corrected chi connectivity index (χ0v) is 22.2. The molecule has 5 heteroatoms. The van der Waals surface area contributed by atoms with E-state index < -0.39 is 5.41 Å². The van der Waals surface area contributed by atoms with Crippen LogP contribution in [0.3, 0.4) is 0 Å². The van der Waals surface area contributed by atoms with Gasteiger partial charge in [0.15, 0.2) is 0 Å². The maximum atomic E-state index is 6.52. The first-order valence-corrected chi connectivity index (χ1v) is 13.2. The Morgan fingerprint density at radius 1 is 0.513 bits per heavy atom. The summed E-state index contributed by atoms with van der Waals surface area (Å²) in [6.07, 6.45) is 0. The molecule has 0 N–H and O–H groups in total. The van der Waals surface area contributed by atoms with E-state index in [1.54, 1.807) is 0 Å². The number of hydrogen-bond donors (Lipinski definition) is 0. The molecule has 0 nitrogen and oxygen atoms in total. The summed E-state index contributed by atoms with van der Waals surface area (Å²) in [5.74, 6) is 0.388. The van der Waals surface area contributed by atoms with Gasteiger partial charge >= 0.3 is 0 Å². The summed E-state index contributed by atoms with van der Waals surface area (Å²) < 4.78 is 0. The maximum absolute atomic E-state index is 6.52. The third-order valence-corrected chi connectivity index (χ3v) is 8.23. The summed E-state index contributed by atoms with van der Waals surface area (Å²) in [4.78, 5) is 0. The number of hydrogen-bond acceptors (Lipinski definition) is 0. The van der Waals surface area contributed by atoms with Gasteiger partial charge in [0.25, 0.3) is 0 Å². The highest BCUT2D eigenvalue weighted by Gasteiger charge is 2.46. The fourth-order valence-corrected chi connectivity index (χ4v) is 6.18. The second-order valence-corrected chi connectivity index (χ2v) is 10.6. The lowest BCUT2D eigenvalue weighted by atomic mass is 9.59. The Kier molecular flexibility index (Phi) is 6.30. The van der Waals surface area contributed by atoms with Crippen LogP contribution in [0.5, 0.6) is 0 Å². The largest absolute Gasteiger partial charge is 0.113 e. The summed E-state index contributed by atoms with van der Waals surface area (Å²) in [6, 6.07) is 34.6. The highest BCUT2D eigenvalue weighted by molar-refractivity contribution is 6.68. The van der Waals surface area contributed by atoms with Crippen LogP contribution in [-0.2, 0) is 5.41 Å². The van der Waals surface area contributed by atoms with E-state index in [2.05, 4.69) is 105 Å². The predicted octanol–water partition coefficient (Wildman–Crippen LogP) is 2.81. The molecular weight excluding hydrogens is 462 g/mol. The fraction of sp³-hybridized carbons (Fsp3) is 0.118. The van der Waals surface area contributed by atoms with Crippen molar-refractivity contribution in [3.05, 3.63) is 125 Å². The van der Waals surface area contributed by atoms with Crippen molar-refractivity contribution < 1.29 is 0 Å². The van der Waals surface area contributed by atoms with Crippen LogP contribution in [0.1, 0.15) is 47.6 Å². The Morgan fingerprint density at radius 2 is 0.974 bits per heavy atom. The lowest BCUT2D eigenvalue weighted by Gasteiger charge is -2.34. The number of rotatable bonds is 4. The Hall–Kier alpha value is -3.58. The van der Waals surface area contributed by atoms with Gasteiger partial charge in [-0.1, -0.05) is 116 Å². The summed E-state index contributed by atoms with van der Waals surface area (Å²) in [7, 11) is 31.7. The van der Waals surface area contributed by atoms with Gasteiger partial charge in [-0.15, -0.1) is 16.4 Å². The van der Waals surface area contributed by atoms with Crippen molar-refractivity contribution >= 4 is 66.5 Å². The minimum absolute atomic E-state index is 0.214. The number of benzene rings is 5. The molecule has 5 aromatic carbocycles. The van der Waals surface area contributed by atoms with Crippen molar-refractivity contribution in [2.75, 3.05) is 0 Å². The summed E-state index contributed by atoms with van der Waals surface area (Å²) in [6.45, 7) is 4.46. The van der Waals surface area contributed by atoms with E-state index in [-0.39, 0.29) is 16.4 Å². The molecule has 1 aliphatic carbocycles. The zero-order chi connectivity index (χ0) is 27.5. The van der Waals surface area contributed by atoms with Gasteiger partial charge in [-0.3, -0.25) is 0 Å². The van der Waals surface area contributed by atoms with Crippen LogP contribution >= 0.6 is 0 Å². The van der Waals surface area contributed by atoms with Gasteiger partial charge < -0.3 is 0 Å². The van der Waals surface area contributed by atoms with Crippen LogP contribution in [0.4, 0.5) is 0 Å². The quantitative estimate of drug-likeness (QED) is 0.337. The molecule has 0 spiro atoms. The van der Waals surface area contributed by atoms with Gasteiger partial charge in [-0.2, -0.15) is 0 Å². The summed E-state index contributed by atoms with van der Waals surface area (Å²) >= 11 is 0. The molecule has 1 aliphatic rings. The third kappa shape index (κ3) is 3.74. The van der Waals surface area contributed by atoms with Crippen molar-refractivity contribution in [3.63, 3.8) is 0 Å². The highest BCUT2D eigenvalue weighted by atomic mass is 14.5. The topological polar surface area (TPSA) is 0 Å². The third-order valence-electron chi connectivity index (χ3n) is 8.23. The minimum Gasteiger partial charge on any atom is -0.112 e. The predicted molar refractivity (Wildman–Crippen MR) is 170 cm³/mol. The van der Waals surface area contributed by atoms with Gasteiger partial charge in [-0.25, -0.2) is 0 Å². The lowest BCUT2D eigenvalue weighted by molar-refractivity contribution is 0.762. The van der Waals surface area contributed by atoms with E-state index in [1.165, 1.54) is 33.4 Å². The first-order valence-electron chi connectivity index (χ1n) is 13.2. The van der Waals surface area contributed by atoms with Crippen LogP contribution in [0.15, 0.2) is 97.1 Å². The zero-order valence-electron chi connectivity index (χ0n) is 22.2. The van der Waals surface area contributed by atoms with Crippen molar-refractivity contribution in [2.45, 2.75) is 25.2 Å². The molecule has 0 saturated carbocycles. The second kappa shape index (κ2) is 9.56. The average molecular weight is 486 g/mol. The van der Waals surface area contributed by atoms with Crippen LogP contribution in [0, 0.1) is 0 Å². The van der Waals surface area contributed by atoms with Gasteiger partial charge in [0.2, 0.25) is 0 Å². The van der Waals surface area contributed by atoms with E-state index in [0.29, 0.717) is 22.4 Å². The van der Waals surface area contributed by atoms with Crippen LogP contribution in [0.25, 0.3) is 22.3 Å². The smallest absolute Gasteiger partial charge is 0.112 e. The standard InChI is InChI=1S/C34H23B5/c1-19(2)20-13-15-24-25-16-14-21(28-29(35)31(37)33(39)32(38)30(28)36)18-27(25)34(26(24)17-20,22-9-5-3-6-10-22)23-11-7-4-8-12-23/h3-19H,1-2H3. The van der Waals surface area contributed by atoms with Gasteiger partial charge in [0, 0.05) is 0 Å². The SMILES string of the molecule is [B]c1c([B])c([B])c(-c2ccc3c(c2)C(c2ccccc2)(c2ccccc2)c2cc(C(C)C)ccc2-3)c([B])c1[B]. The van der Waals surface area contributed by atoms with Crippen molar-refractivity contribution in [2.24, 2.45) is 0 Å². The second-order valence-electron chi connectivity index (χ2n) is 10.6. The van der Waals surface area contributed by atoms with Gasteiger partial charge in [-0.05, 0) is 62.1 Å². The molecule has 5 aromatic rings. The summed E-state index contributed by atoms with van der Waals surface area (Å²) in [5, 5.41) is 0. The molecule has 39 heavy (non-hydrogen) atoms. The molecule has 0 aromatic heterocycles. The average Bonchev–Trinajstić information content (AvgIpc) is 3.26. The number of fused-ring (bicyclic) bond motifs is 3. The van der Waals surface area contributed by atoms with Gasteiger partial charge in [0.1, 0.15) is 39.2 Å².